The first kappa shape index (κ1) is 24.1. The molecule has 0 amide bonds. The number of halogens is 1. The molecule has 0 saturated carbocycles. The molecule has 166 valence electrons. The monoisotopic (exact) mass is 529 g/mol. The van der Waals surface area contributed by atoms with Crippen LogP contribution in [0.3, 0.4) is 0 Å². The first-order valence-electron chi connectivity index (χ1n) is 9.91. The number of ether oxygens (including phenoxy) is 2. The molecule has 1 unspecified atom stereocenters. The molecule has 0 radical (unpaired) electrons. The molecule has 30 heavy (non-hydrogen) atoms. The van der Waals surface area contributed by atoms with E-state index in [0.717, 1.165) is 72.6 Å². The van der Waals surface area contributed by atoms with E-state index >= 15 is 0 Å². The zero-order valence-corrected chi connectivity index (χ0v) is 20.6. The van der Waals surface area contributed by atoms with E-state index < -0.39 is 0 Å². The Labute approximate surface area is 195 Å². The van der Waals surface area contributed by atoms with Gasteiger partial charge in [-0.05, 0) is 26.7 Å². The summed E-state index contributed by atoms with van der Waals surface area (Å²) in [5.41, 5.74) is 3.21. The van der Waals surface area contributed by atoms with Crippen LogP contribution in [0.5, 0.6) is 11.5 Å². The fourth-order valence-corrected chi connectivity index (χ4v) is 3.64. The molecule has 1 aromatic carbocycles. The van der Waals surface area contributed by atoms with Gasteiger partial charge in [0, 0.05) is 62.2 Å². The summed E-state index contributed by atoms with van der Waals surface area (Å²) in [7, 11) is 5.14. The van der Waals surface area contributed by atoms with E-state index in [1.165, 1.54) is 0 Å². The summed E-state index contributed by atoms with van der Waals surface area (Å²) in [6.45, 7) is 6.54. The maximum absolute atomic E-state index is 5.39. The zero-order valence-electron chi connectivity index (χ0n) is 18.3. The number of hydrogen-bond acceptors (Lipinski definition) is 6. The molecule has 1 saturated heterocycles. The smallest absolute Gasteiger partial charge is 0.191 e. The Balaban J connectivity index is 0.00000320. The number of hydrogen-bond donors (Lipinski definition) is 2. The highest BCUT2D eigenvalue weighted by molar-refractivity contribution is 14.0. The second-order valence-corrected chi connectivity index (χ2v) is 7.20. The maximum Gasteiger partial charge on any atom is 0.191 e. The Hall–Kier alpha value is -2.17. The van der Waals surface area contributed by atoms with Crippen LogP contribution in [0.1, 0.15) is 23.4 Å². The number of nitrogens with one attached hydrogen (secondary N) is 2. The van der Waals surface area contributed by atoms with Crippen LogP contribution in [0, 0.1) is 13.8 Å². The minimum absolute atomic E-state index is 0. The van der Waals surface area contributed by atoms with Crippen molar-refractivity contribution in [2.75, 3.05) is 45.8 Å². The first-order valence-corrected chi connectivity index (χ1v) is 9.91. The van der Waals surface area contributed by atoms with Gasteiger partial charge in [0.1, 0.15) is 17.3 Å². The molecule has 3 rings (SSSR count). The van der Waals surface area contributed by atoms with Crippen molar-refractivity contribution in [2.45, 2.75) is 32.7 Å². The SMILES string of the molecule is CN=C(NCCc1c(C)noc1C)NC1CCN(c2cc(OC)cc(OC)c2)C1.I. The van der Waals surface area contributed by atoms with Crippen LogP contribution in [-0.2, 0) is 6.42 Å². The lowest BCUT2D eigenvalue weighted by Crippen LogP contribution is -2.45. The molecule has 2 aromatic rings. The van der Waals surface area contributed by atoms with Gasteiger partial charge in [-0.2, -0.15) is 0 Å². The van der Waals surface area contributed by atoms with Gasteiger partial charge in [-0.25, -0.2) is 0 Å². The molecule has 1 atom stereocenters. The molecule has 2 N–H and O–H groups in total. The molecule has 0 spiro atoms. The van der Waals surface area contributed by atoms with E-state index in [-0.39, 0.29) is 24.0 Å². The minimum Gasteiger partial charge on any atom is -0.497 e. The van der Waals surface area contributed by atoms with Crippen LogP contribution >= 0.6 is 24.0 Å². The van der Waals surface area contributed by atoms with Crippen LogP contribution in [0.25, 0.3) is 0 Å². The van der Waals surface area contributed by atoms with Gasteiger partial charge in [0.2, 0.25) is 0 Å². The van der Waals surface area contributed by atoms with Gasteiger partial charge < -0.3 is 29.5 Å². The Morgan fingerprint density at radius 2 is 1.93 bits per heavy atom. The summed E-state index contributed by atoms with van der Waals surface area (Å²) in [5.74, 6) is 3.29. The van der Waals surface area contributed by atoms with Gasteiger partial charge in [-0.1, -0.05) is 5.16 Å². The first-order chi connectivity index (χ1) is 14.0. The van der Waals surface area contributed by atoms with E-state index in [1.54, 1.807) is 21.3 Å². The highest BCUT2D eigenvalue weighted by Gasteiger charge is 2.24. The van der Waals surface area contributed by atoms with Crippen molar-refractivity contribution in [3.05, 3.63) is 35.2 Å². The Morgan fingerprint density at radius 3 is 2.50 bits per heavy atom. The molecule has 1 aliphatic rings. The van der Waals surface area contributed by atoms with Crippen LogP contribution in [0.2, 0.25) is 0 Å². The average Bonchev–Trinajstić information content (AvgIpc) is 3.34. The topological polar surface area (TPSA) is 84.2 Å². The zero-order chi connectivity index (χ0) is 20.8. The molecule has 1 aromatic heterocycles. The Morgan fingerprint density at radius 1 is 1.23 bits per heavy atom. The van der Waals surface area contributed by atoms with Crippen LogP contribution < -0.4 is 25.0 Å². The molecule has 1 fully saturated rings. The molecule has 0 aliphatic carbocycles. The summed E-state index contributed by atoms with van der Waals surface area (Å²) < 4.78 is 16.0. The number of anilines is 1. The van der Waals surface area contributed by atoms with Crippen molar-refractivity contribution in [1.82, 2.24) is 15.8 Å². The van der Waals surface area contributed by atoms with Crippen molar-refractivity contribution in [3.8, 4) is 11.5 Å². The minimum atomic E-state index is 0. The van der Waals surface area contributed by atoms with Gasteiger partial charge in [-0.15, -0.1) is 24.0 Å². The second kappa shape index (κ2) is 11.3. The number of benzene rings is 1. The number of aryl methyl sites for hydroxylation is 2. The molecule has 0 bridgehead atoms. The third kappa shape index (κ3) is 5.93. The van der Waals surface area contributed by atoms with Crippen molar-refractivity contribution in [2.24, 2.45) is 4.99 Å². The standard InChI is InChI=1S/C21H31N5O3.HI/c1-14-20(15(2)29-25-14)6-8-23-21(22-3)24-16-7-9-26(13-16)17-10-18(27-4)12-19(11-17)28-5;/h10-12,16H,6-9,13H2,1-5H3,(H2,22,23,24);1H. The normalized spacial score (nSPS) is 16.2. The third-order valence-corrected chi connectivity index (χ3v) is 5.30. The van der Waals surface area contributed by atoms with E-state index in [0.29, 0.717) is 6.04 Å². The summed E-state index contributed by atoms with van der Waals surface area (Å²) >= 11 is 0. The number of aliphatic imine (C=N–C) groups is 1. The summed E-state index contributed by atoms with van der Waals surface area (Å²) in [6.07, 6.45) is 1.88. The van der Waals surface area contributed by atoms with Crippen molar-refractivity contribution in [3.63, 3.8) is 0 Å². The van der Waals surface area contributed by atoms with Gasteiger partial charge in [0.15, 0.2) is 5.96 Å². The van der Waals surface area contributed by atoms with Crippen molar-refractivity contribution >= 4 is 35.6 Å². The lowest BCUT2D eigenvalue weighted by Gasteiger charge is -2.21. The predicted molar refractivity (Wildman–Crippen MR) is 130 cm³/mol. The molecule has 2 heterocycles. The van der Waals surface area contributed by atoms with E-state index in [2.05, 4.69) is 25.7 Å². The van der Waals surface area contributed by atoms with Crippen molar-refractivity contribution < 1.29 is 14.0 Å². The lowest BCUT2D eigenvalue weighted by atomic mass is 10.1. The van der Waals surface area contributed by atoms with Gasteiger partial charge in [-0.3, -0.25) is 4.99 Å². The van der Waals surface area contributed by atoms with Gasteiger partial charge in [0.05, 0.1) is 19.9 Å². The summed E-state index contributed by atoms with van der Waals surface area (Å²) in [6, 6.07) is 6.29. The second-order valence-electron chi connectivity index (χ2n) is 7.20. The highest BCUT2D eigenvalue weighted by atomic mass is 127. The van der Waals surface area contributed by atoms with Crippen LogP contribution in [0.4, 0.5) is 5.69 Å². The third-order valence-electron chi connectivity index (χ3n) is 5.30. The molecule has 9 heteroatoms. The Kier molecular flexibility index (Phi) is 9.07. The van der Waals surface area contributed by atoms with Crippen molar-refractivity contribution in [1.29, 1.82) is 0 Å². The molecule has 8 nitrogen and oxygen atoms in total. The predicted octanol–water partition coefficient (Wildman–Crippen LogP) is 2.91. The fraction of sp³-hybridized carbons (Fsp3) is 0.524. The fourth-order valence-electron chi connectivity index (χ4n) is 3.64. The van der Waals surface area contributed by atoms with E-state index in [4.69, 9.17) is 14.0 Å². The number of methoxy groups -OCH3 is 2. The number of aromatic nitrogens is 1. The lowest BCUT2D eigenvalue weighted by molar-refractivity contribution is 0.392. The van der Waals surface area contributed by atoms with Gasteiger partial charge >= 0.3 is 0 Å². The Bertz CT molecular complexity index is 813. The average molecular weight is 529 g/mol. The molecule has 1 aliphatic heterocycles. The van der Waals surface area contributed by atoms with E-state index in [1.807, 2.05) is 32.0 Å². The van der Waals surface area contributed by atoms with Gasteiger partial charge in [0.25, 0.3) is 0 Å². The highest BCUT2D eigenvalue weighted by Crippen LogP contribution is 2.30. The molecular weight excluding hydrogens is 497 g/mol. The number of guanidine groups is 1. The summed E-state index contributed by atoms with van der Waals surface area (Å²) in [4.78, 5) is 6.70. The van der Waals surface area contributed by atoms with Crippen LogP contribution in [0.15, 0.2) is 27.7 Å². The number of nitrogens with zero attached hydrogens (tertiary/aromatic N) is 3. The molecular formula is C21H32IN5O3. The van der Waals surface area contributed by atoms with E-state index in [9.17, 15) is 0 Å². The largest absolute Gasteiger partial charge is 0.497 e. The van der Waals surface area contributed by atoms with Crippen LogP contribution in [-0.4, -0.2) is 58.1 Å². The summed E-state index contributed by atoms with van der Waals surface area (Å²) in [5, 5.41) is 10.9. The maximum atomic E-state index is 5.39. The quantitative estimate of drug-likeness (QED) is 0.324. The number of rotatable bonds is 7.